The van der Waals surface area contributed by atoms with Crippen LogP contribution < -0.4 is 0 Å². The van der Waals surface area contributed by atoms with Crippen LogP contribution in [0, 0.1) is 6.92 Å². The van der Waals surface area contributed by atoms with Crippen molar-refractivity contribution in [3.8, 4) is 0 Å². The average Bonchev–Trinajstić information content (AvgIpc) is 2.81. The molecule has 0 aliphatic heterocycles. The molecular formula is C15H18N2OS. The summed E-state index contributed by atoms with van der Waals surface area (Å²) in [6, 6.07) is 8.05. The maximum Gasteiger partial charge on any atom is 0.180 e. The fourth-order valence-electron chi connectivity index (χ4n) is 1.84. The topological polar surface area (TPSA) is 42.9 Å². The molecule has 0 amide bonds. The molecule has 0 bridgehead atoms. The molecule has 100 valence electrons. The summed E-state index contributed by atoms with van der Waals surface area (Å²) in [7, 11) is 0. The first-order valence-corrected chi connectivity index (χ1v) is 7.07. The first-order chi connectivity index (χ1) is 8.88. The van der Waals surface area contributed by atoms with E-state index >= 15 is 0 Å². The normalized spacial score (nSPS) is 11.6. The Bertz CT molecular complexity index is 579. The molecule has 0 spiro atoms. The second kappa shape index (κ2) is 5.21. The van der Waals surface area contributed by atoms with Crippen molar-refractivity contribution in [1.29, 1.82) is 0 Å². The molecule has 1 aromatic carbocycles. The third-order valence-corrected chi connectivity index (χ3v) is 3.70. The predicted octanol–water partition coefficient (Wildman–Crippen LogP) is 3.57. The summed E-state index contributed by atoms with van der Waals surface area (Å²) in [4.78, 5) is 13.0. The number of carbonyl (C=O) groups excluding carboxylic acids is 1. The Morgan fingerprint density at radius 3 is 2.42 bits per heavy atom. The molecule has 0 saturated heterocycles. The van der Waals surface area contributed by atoms with Crippen molar-refractivity contribution in [3.05, 3.63) is 46.0 Å². The molecule has 2 rings (SSSR count). The molecule has 0 radical (unpaired) electrons. The van der Waals surface area contributed by atoms with Gasteiger partial charge in [0.05, 0.1) is 5.69 Å². The molecule has 0 unspecified atom stereocenters. The van der Waals surface area contributed by atoms with Gasteiger partial charge in [0.2, 0.25) is 0 Å². The van der Waals surface area contributed by atoms with Crippen molar-refractivity contribution in [2.75, 3.05) is 0 Å². The highest BCUT2D eigenvalue weighted by atomic mass is 32.1. The fourth-order valence-corrected chi connectivity index (χ4v) is 2.65. The number of aryl methyl sites for hydroxylation is 1. The van der Waals surface area contributed by atoms with E-state index in [2.05, 4.69) is 9.59 Å². The van der Waals surface area contributed by atoms with Gasteiger partial charge in [0, 0.05) is 11.8 Å². The monoisotopic (exact) mass is 274 g/mol. The molecule has 0 N–H and O–H groups in total. The van der Waals surface area contributed by atoms with E-state index in [1.165, 1.54) is 17.1 Å². The lowest BCUT2D eigenvalue weighted by Gasteiger charge is -2.15. The van der Waals surface area contributed by atoms with Gasteiger partial charge in [-0.15, -0.1) is 5.10 Å². The lowest BCUT2D eigenvalue weighted by molar-refractivity contribution is 0.0994. The summed E-state index contributed by atoms with van der Waals surface area (Å²) in [5, 5.41) is 4.11. The Morgan fingerprint density at radius 1 is 1.21 bits per heavy atom. The van der Waals surface area contributed by atoms with Gasteiger partial charge in [-0.25, -0.2) is 0 Å². The summed E-state index contributed by atoms with van der Waals surface area (Å²) in [5.41, 5.74) is 2.88. The van der Waals surface area contributed by atoms with Gasteiger partial charge in [-0.05, 0) is 24.0 Å². The first kappa shape index (κ1) is 13.9. The van der Waals surface area contributed by atoms with E-state index in [9.17, 15) is 4.79 Å². The molecule has 0 fully saturated rings. The Balaban J connectivity index is 2.21. The number of Topliss-reactive ketones (excluding diaryl/α,β-unsaturated/α-hetero) is 1. The maximum atomic E-state index is 12.4. The third-order valence-electron chi connectivity index (χ3n) is 2.94. The SMILES string of the molecule is Cc1ccc(CC(=O)c2snnc2C(C)(C)C)cc1. The minimum Gasteiger partial charge on any atom is -0.293 e. The molecule has 1 heterocycles. The number of ketones is 1. The molecule has 0 aliphatic carbocycles. The van der Waals surface area contributed by atoms with Crippen LogP contribution in [0.15, 0.2) is 24.3 Å². The number of hydrogen-bond acceptors (Lipinski definition) is 4. The first-order valence-electron chi connectivity index (χ1n) is 6.29. The second-order valence-corrected chi connectivity index (χ2v) is 6.54. The number of aromatic nitrogens is 2. The van der Waals surface area contributed by atoms with Crippen LogP contribution in [0.3, 0.4) is 0 Å². The number of nitrogens with zero attached hydrogens (tertiary/aromatic N) is 2. The van der Waals surface area contributed by atoms with E-state index in [0.717, 1.165) is 11.3 Å². The number of hydrogen-bond donors (Lipinski definition) is 0. The van der Waals surface area contributed by atoms with Crippen molar-refractivity contribution in [3.63, 3.8) is 0 Å². The second-order valence-electron chi connectivity index (χ2n) is 5.79. The summed E-state index contributed by atoms with van der Waals surface area (Å²) in [6.45, 7) is 8.18. The van der Waals surface area contributed by atoms with Crippen LogP contribution in [0.2, 0.25) is 0 Å². The standard InChI is InChI=1S/C15H18N2OS/c1-10-5-7-11(8-6-10)9-12(18)13-14(15(2,3)4)16-17-19-13/h5-8H,9H2,1-4H3. The van der Waals surface area contributed by atoms with Gasteiger partial charge in [0.15, 0.2) is 5.78 Å². The number of rotatable bonds is 3. The molecule has 0 atom stereocenters. The van der Waals surface area contributed by atoms with Crippen molar-refractivity contribution in [2.45, 2.75) is 39.5 Å². The van der Waals surface area contributed by atoms with E-state index in [-0.39, 0.29) is 11.2 Å². The van der Waals surface area contributed by atoms with Gasteiger partial charge in [-0.2, -0.15) is 0 Å². The molecule has 3 nitrogen and oxygen atoms in total. The van der Waals surface area contributed by atoms with Gasteiger partial charge in [-0.3, -0.25) is 4.79 Å². The van der Waals surface area contributed by atoms with Crippen molar-refractivity contribution in [1.82, 2.24) is 9.59 Å². The highest BCUT2D eigenvalue weighted by Gasteiger charge is 2.26. The van der Waals surface area contributed by atoms with Crippen LogP contribution in [0.5, 0.6) is 0 Å². The molecule has 19 heavy (non-hydrogen) atoms. The maximum absolute atomic E-state index is 12.4. The van der Waals surface area contributed by atoms with Gasteiger partial charge in [0.1, 0.15) is 4.88 Å². The van der Waals surface area contributed by atoms with E-state index in [1.54, 1.807) is 0 Å². The van der Waals surface area contributed by atoms with Crippen molar-refractivity contribution in [2.24, 2.45) is 0 Å². The van der Waals surface area contributed by atoms with Gasteiger partial charge in [0.25, 0.3) is 0 Å². The van der Waals surface area contributed by atoms with Gasteiger partial charge >= 0.3 is 0 Å². The van der Waals surface area contributed by atoms with Crippen LogP contribution in [0.1, 0.15) is 47.3 Å². The number of benzene rings is 1. The summed E-state index contributed by atoms with van der Waals surface area (Å²) in [6.07, 6.45) is 0.410. The van der Waals surface area contributed by atoms with Crippen LogP contribution in [-0.2, 0) is 11.8 Å². The molecule has 1 aromatic heterocycles. The van der Waals surface area contributed by atoms with Crippen molar-refractivity contribution >= 4 is 17.3 Å². The third kappa shape index (κ3) is 3.26. The molecule has 2 aromatic rings. The Kier molecular flexibility index (Phi) is 3.80. The quantitative estimate of drug-likeness (QED) is 0.804. The number of carbonyl (C=O) groups is 1. The van der Waals surface area contributed by atoms with Crippen LogP contribution >= 0.6 is 11.5 Å². The smallest absolute Gasteiger partial charge is 0.180 e. The summed E-state index contributed by atoms with van der Waals surface area (Å²) < 4.78 is 3.94. The molecule has 0 saturated carbocycles. The van der Waals surface area contributed by atoms with E-state index in [1.807, 2.05) is 52.0 Å². The summed E-state index contributed by atoms with van der Waals surface area (Å²) in [5.74, 6) is 0.101. The fraction of sp³-hybridized carbons (Fsp3) is 0.400. The minimum absolute atomic E-state index is 0.101. The van der Waals surface area contributed by atoms with E-state index < -0.39 is 0 Å². The Morgan fingerprint density at radius 2 is 1.84 bits per heavy atom. The van der Waals surface area contributed by atoms with Crippen molar-refractivity contribution < 1.29 is 4.79 Å². The minimum atomic E-state index is -0.148. The molecule has 4 heteroatoms. The zero-order chi connectivity index (χ0) is 14.0. The van der Waals surface area contributed by atoms with Crippen LogP contribution in [0.25, 0.3) is 0 Å². The predicted molar refractivity (Wildman–Crippen MR) is 77.8 cm³/mol. The Hall–Kier alpha value is -1.55. The zero-order valence-electron chi connectivity index (χ0n) is 11.7. The Labute approximate surface area is 117 Å². The largest absolute Gasteiger partial charge is 0.293 e. The highest BCUT2D eigenvalue weighted by molar-refractivity contribution is 7.08. The molecule has 0 aliphatic rings. The average molecular weight is 274 g/mol. The van der Waals surface area contributed by atoms with E-state index in [4.69, 9.17) is 0 Å². The summed E-state index contributed by atoms with van der Waals surface area (Å²) >= 11 is 1.20. The lowest BCUT2D eigenvalue weighted by Crippen LogP contribution is -2.17. The zero-order valence-corrected chi connectivity index (χ0v) is 12.5. The van der Waals surface area contributed by atoms with Gasteiger partial charge < -0.3 is 0 Å². The van der Waals surface area contributed by atoms with E-state index in [0.29, 0.717) is 11.3 Å². The van der Waals surface area contributed by atoms with Crippen LogP contribution in [0.4, 0.5) is 0 Å². The van der Waals surface area contributed by atoms with Crippen LogP contribution in [-0.4, -0.2) is 15.4 Å². The molecular weight excluding hydrogens is 256 g/mol. The van der Waals surface area contributed by atoms with Gasteiger partial charge in [-0.1, -0.05) is 55.1 Å². The highest BCUT2D eigenvalue weighted by Crippen LogP contribution is 2.26. The lowest BCUT2D eigenvalue weighted by atomic mass is 9.90.